The maximum Gasteiger partial charge on any atom is 0.317 e. The summed E-state index contributed by atoms with van der Waals surface area (Å²) in [4.78, 5) is 10.7. The van der Waals surface area contributed by atoms with Gasteiger partial charge in [0.05, 0.1) is 7.11 Å². The number of hydrogen-bond acceptors (Lipinski definition) is 3. The lowest BCUT2D eigenvalue weighted by atomic mass is 10.2. The van der Waals surface area contributed by atoms with E-state index in [4.69, 9.17) is 11.6 Å². The minimum Gasteiger partial charge on any atom is -0.508 e. The highest BCUT2D eigenvalue weighted by Crippen LogP contribution is 2.18. The van der Waals surface area contributed by atoms with Crippen molar-refractivity contribution >= 4 is 17.6 Å². The molecule has 1 aromatic carbocycles. The summed E-state index contributed by atoms with van der Waals surface area (Å²) in [5, 5.41) is 9.61. The molecular formula is C11H9ClO3. The minimum atomic E-state index is -0.395. The first kappa shape index (κ1) is 11.4. The third kappa shape index (κ3) is 3.92. The number of aromatic hydroxyl groups is 1. The molecule has 4 heteroatoms. The van der Waals surface area contributed by atoms with Crippen molar-refractivity contribution < 1.29 is 14.6 Å². The Labute approximate surface area is 92.6 Å². The van der Waals surface area contributed by atoms with Crippen molar-refractivity contribution in [3.8, 4) is 17.6 Å². The topological polar surface area (TPSA) is 46.5 Å². The molecule has 0 unspecified atom stereocenters. The average Bonchev–Trinajstić information content (AvgIpc) is 2.16. The van der Waals surface area contributed by atoms with E-state index in [9.17, 15) is 9.90 Å². The number of methoxy groups -OCH3 is 1. The molecule has 1 aromatic rings. The highest BCUT2D eigenvalue weighted by Gasteiger charge is 1.96. The molecule has 3 nitrogen and oxygen atoms in total. The van der Waals surface area contributed by atoms with Crippen LogP contribution in [0.25, 0.3) is 0 Å². The van der Waals surface area contributed by atoms with Crippen LogP contribution in [0.15, 0.2) is 18.2 Å². The first-order valence-electron chi connectivity index (χ1n) is 4.17. The van der Waals surface area contributed by atoms with Crippen molar-refractivity contribution in [1.82, 2.24) is 0 Å². The van der Waals surface area contributed by atoms with E-state index in [1.54, 1.807) is 6.07 Å². The van der Waals surface area contributed by atoms with Gasteiger partial charge in [0.15, 0.2) is 0 Å². The zero-order valence-corrected chi connectivity index (χ0v) is 8.84. The number of hydrogen-bond donors (Lipinski definition) is 1. The number of carbonyl (C=O) groups is 1. The van der Waals surface area contributed by atoms with Gasteiger partial charge in [-0.05, 0) is 18.2 Å². The number of ether oxygens (including phenoxy) is 1. The molecule has 0 amide bonds. The standard InChI is InChI=1S/C11H9ClO3/c1-15-11(14)4-2-3-8-5-9(12)7-10(13)6-8/h5-7,13H,4H2,1H3. The second-order valence-electron chi connectivity index (χ2n) is 2.75. The molecule has 0 aliphatic rings. The fraction of sp³-hybridized carbons (Fsp3) is 0.182. The van der Waals surface area contributed by atoms with Gasteiger partial charge in [-0.15, -0.1) is 0 Å². The summed E-state index contributed by atoms with van der Waals surface area (Å²) >= 11 is 5.70. The Hall–Kier alpha value is -1.66. The summed E-state index contributed by atoms with van der Waals surface area (Å²) in [5.74, 6) is 4.96. The lowest BCUT2D eigenvalue weighted by molar-refractivity contribution is -0.139. The zero-order valence-electron chi connectivity index (χ0n) is 8.08. The van der Waals surface area contributed by atoms with E-state index in [0.29, 0.717) is 10.6 Å². The van der Waals surface area contributed by atoms with E-state index in [1.807, 2.05) is 0 Å². The Morgan fingerprint density at radius 3 is 2.87 bits per heavy atom. The second-order valence-corrected chi connectivity index (χ2v) is 3.19. The van der Waals surface area contributed by atoms with E-state index in [1.165, 1.54) is 19.2 Å². The monoisotopic (exact) mass is 224 g/mol. The number of carbonyl (C=O) groups excluding carboxylic acids is 1. The summed E-state index contributed by atoms with van der Waals surface area (Å²) in [5.41, 5.74) is 0.559. The lowest BCUT2D eigenvalue weighted by Crippen LogP contribution is -1.96. The molecule has 0 bridgehead atoms. The van der Waals surface area contributed by atoms with Gasteiger partial charge in [0.2, 0.25) is 0 Å². The predicted octanol–water partition coefficient (Wildman–Crippen LogP) is 1.96. The van der Waals surface area contributed by atoms with E-state index < -0.39 is 5.97 Å². The van der Waals surface area contributed by atoms with Crippen LogP contribution in [0.1, 0.15) is 12.0 Å². The summed E-state index contributed by atoms with van der Waals surface area (Å²) < 4.78 is 4.42. The molecule has 0 heterocycles. The highest BCUT2D eigenvalue weighted by molar-refractivity contribution is 6.30. The Balaban J connectivity index is 2.75. The maximum atomic E-state index is 10.7. The number of esters is 1. The van der Waals surface area contributed by atoms with E-state index in [0.717, 1.165) is 0 Å². The largest absolute Gasteiger partial charge is 0.508 e. The molecular weight excluding hydrogens is 216 g/mol. The number of benzene rings is 1. The second kappa shape index (κ2) is 5.28. The zero-order chi connectivity index (χ0) is 11.3. The Bertz CT molecular complexity index is 409. The van der Waals surface area contributed by atoms with Crippen molar-refractivity contribution in [1.29, 1.82) is 0 Å². The van der Waals surface area contributed by atoms with Gasteiger partial charge in [-0.3, -0.25) is 4.79 Å². The summed E-state index contributed by atoms with van der Waals surface area (Å²) in [6.45, 7) is 0. The molecule has 0 spiro atoms. The van der Waals surface area contributed by atoms with Crippen LogP contribution in [0.2, 0.25) is 5.02 Å². The van der Waals surface area contributed by atoms with Crippen LogP contribution in [-0.2, 0) is 9.53 Å². The minimum absolute atomic E-state index is 0.0176. The van der Waals surface area contributed by atoms with Gasteiger partial charge in [0.1, 0.15) is 12.2 Å². The summed E-state index contributed by atoms with van der Waals surface area (Å²) in [6, 6.07) is 4.48. The third-order valence-corrected chi connectivity index (χ3v) is 1.79. The molecule has 0 aliphatic carbocycles. The quantitative estimate of drug-likeness (QED) is 0.586. The molecule has 15 heavy (non-hydrogen) atoms. The molecule has 1 rings (SSSR count). The van der Waals surface area contributed by atoms with E-state index >= 15 is 0 Å². The van der Waals surface area contributed by atoms with Gasteiger partial charge >= 0.3 is 5.97 Å². The van der Waals surface area contributed by atoms with Crippen LogP contribution >= 0.6 is 11.6 Å². The van der Waals surface area contributed by atoms with Crippen LogP contribution in [-0.4, -0.2) is 18.2 Å². The van der Waals surface area contributed by atoms with Gasteiger partial charge in [-0.2, -0.15) is 0 Å². The molecule has 1 N–H and O–H groups in total. The number of rotatable bonds is 1. The lowest BCUT2D eigenvalue weighted by Gasteiger charge is -1.95. The Kier molecular flexibility index (Phi) is 4.02. The van der Waals surface area contributed by atoms with Crippen LogP contribution < -0.4 is 0 Å². The molecule has 0 atom stereocenters. The summed E-state index contributed by atoms with van der Waals surface area (Å²) in [6.07, 6.45) is 0.0176. The fourth-order valence-electron chi connectivity index (χ4n) is 0.937. The molecule has 0 saturated heterocycles. The van der Waals surface area contributed by atoms with Gasteiger partial charge in [-0.1, -0.05) is 23.4 Å². The van der Waals surface area contributed by atoms with Gasteiger partial charge in [-0.25, -0.2) is 0 Å². The Morgan fingerprint density at radius 2 is 2.27 bits per heavy atom. The summed E-state index contributed by atoms with van der Waals surface area (Å²) in [7, 11) is 1.30. The van der Waals surface area contributed by atoms with Crippen LogP contribution in [0.3, 0.4) is 0 Å². The third-order valence-electron chi connectivity index (χ3n) is 1.58. The molecule has 0 radical (unpaired) electrons. The van der Waals surface area contributed by atoms with Gasteiger partial charge in [0, 0.05) is 10.6 Å². The van der Waals surface area contributed by atoms with Crippen molar-refractivity contribution in [2.45, 2.75) is 6.42 Å². The first-order valence-corrected chi connectivity index (χ1v) is 4.55. The van der Waals surface area contributed by atoms with Crippen LogP contribution in [0.5, 0.6) is 5.75 Å². The smallest absolute Gasteiger partial charge is 0.317 e. The Morgan fingerprint density at radius 1 is 1.53 bits per heavy atom. The molecule has 78 valence electrons. The molecule has 0 saturated carbocycles. The number of halogens is 1. The van der Waals surface area contributed by atoms with Crippen molar-refractivity contribution in [2.24, 2.45) is 0 Å². The molecule has 0 fully saturated rings. The highest BCUT2D eigenvalue weighted by atomic mass is 35.5. The fourth-order valence-corrected chi connectivity index (χ4v) is 1.17. The van der Waals surface area contributed by atoms with Crippen molar-refractivity contribution in [2.75, 3.05) is 7.11 Å². The van der Waals surface area contributed by atoms with Crippen LogP contribution in [0.4, 0.5) is 0 Å². The van der Waals surface area contributed by atoms with Crippen LogP contribution in [0, 0.1) is 11.8 Å². The normalized spacial score (nSPS) is 8.93. The molecule has 0 aliphatic heterocycles. The SMILES string of the molecule is COC(=O)CC#Cc1cc(O)cc(Cl)c1. The van der Waals surface area contributed by atoms with Crippen molar-refractivity contribution in [3.63, 3.8) is 0 Å². The van der Waals surface area contributed by atoms with Crippen molar-refractivity contribution in [3.05, 3.63) is 28.8 Å². The molecule has 0 aromatic heterocycles. The van der Waals surface area contributed by atoms with Gasteiger partial charge < -0.3 is 9.84 Å². The van der Waals surface area contributed by atoms with E-state index in [-0.39, 0.29) is 12.2 Å². The van der Waals surface area contributed by atoms with E-state index in [2.05, 4.69) is 16.6 Å². The number of phenolic OH excluding ortho intramolecular Hbond substituents is 1. The number of phenols is 1. The maximum absolute atomic E-state index is 10.7. The van der Waals surface area contributed by atoms with Gasteiger partial charge in [0.25, 0.3) is 0 Å². The first-order chi connectivity index (χ1) is 7.11. The predicted molar refractivity (Wildman–Crippen MR) is 56.6 cm³/mol. The average molecular weight is 225 g/mol.